The van der Waals surface area contributed by atoms with Crippen molar-refractivity contribution in [2.24, 2.45) is 0 Å². The first-order valence-electron chi connectivity index (χ1n) is 49.6. The summed E-state index contributed by atoms with van der Waals surface area (Å²) in [5.74, 6) is 0.628. The van der Waals surface area contributed by atoms with Crippen LogP contribution < -0.4 is 14.7 Å². The maximum absolute atomic E-state index is 6.55. The van der Waals surface area contributed by atoms with Crippen LogP contribution in [-0.4, -0.2) is 15.0 Å². The van der Waals surface area contributed by atoms with E-state index in [1.165, 1.54) is 74.7 Å². The maximum atomic E-state index is 6.55. The Labute approximate surface area is 855 Å². The summed E-state index contributed by atoms with van der Waals surface area (Å²) in [6.45, 7) is 0. The lowest BCUT2D eigenvalue weighted by atomic mass is 9.99. The van der Waals surface area contributed by atoms with Crippen molar-refractivity contribution in [1.29, 1.82) is 0 Å². The highest BCUT2D eigenvalue weighted by Gasteiger charge is 2.26. The van der Waals surface area contributed by atoms with E-state index in [-0.39, 0.29) is 0 Å². The second kappa shape index (κ2) is 35.4. The second-order valence-electron chi connectivity index (χ2n) is 37.6. The van der Waals surface area contributed by atoms with Crippen LogP contribution in [0.2, 0.25) is 0 Å². The van der Waals surface area contributed by atoms with E-state index < -0.39 is 0 Å². The number of aromatic nitrogens is 3. The molecule has 0 atom stereocenters. The molecule has 0 bridgehead atoms. The highest BCUT2D eigenvalue weighted by molar-refractivity contribution is 7.23. The van der Waals surface area contributed by atoms with Gasteiger partial charge in [0.1, 0.15) is 60.2 Å². The molecule has 0 saturated carbocycles. The van der Waals surface area contributed by atoms with Crippen LogP contribution in [0.3, 0.4) is 0 Å². The molecule has 0 N–H and O–H groups in total. The summed E-state index contributed by atoms with van der Waals surface area (Å²) in [6, 6.07) is 175. The van der Waals surface area contributed by atoms with E-state index in [0.29, 0.717) is 5.89 Å². The summed E-state index contributed by atoms with van der Waals surface area (Å²) in [5, 5.41) is 25.0. The maximum Gasteiger partial charge on any atom is 0.227 e. The van der Waals surface area contributed by atoms with Crippen molar-refractivity contribution in [2.45, 2.75) is 0 Å². The molecule has 11 nitrogen and oxygen atoms in total. The van der Waals surface area contributed by atoms with Gasteiger partial charge in [0.2, 0.25) is 5.89 Å². The molecule has 31 aromatic rings. The number of hydrogen-bond acceptors (Lipinski definition) is 13. The predicted molar refractivity (Wildman–Crippen MR) is 619 cm³/mol. The van der Waals surface area contributed by atoms with Crippen LogP contribution in [0, 0.1) is 0 Å². The summed E-state index contributed by atoms with van der Waals surface area (Å²) in [7, 11) is 0. The molecule has 7 aromatic heterocycles. The summed E-state index contributed by atoms with van der Waals surface area (Å²) in [6.07, 6.45) is 0. The molecule has 0 fully saturated rings. The Kier molecular flexibility index (Phi) is 20.4. The Morgan fingerprint density at radius 2 is 0.459 bits per heavy atom. The quantitative estimate of drug-likeness (QED) is 0.0970. The van der Waals surface area contributed by atoms with Gasteiger partial charge in [-0.15, -0.1) is 22.7 Å². The average Bonchev–Trinajstić information content (AvgIpc) is 1.45. The highest BCUT2D eigenvalue weighted by Crippen LogP contribution is 2.51. The minimum Gasteiger partial charge on any atom is -0.456 e. The summed E-state index contributed by atoms with van der Waals surface area (Å²) in [4.78, 5) is 22.0. The van der Waals surface area contributed by atoms with Crippen LogP contribution in [0.1, 0.15) is 0 Å². The van der Waals surface area contributed by atoms with Crippen molar-refractivity contribution in [1.82, 2.24) is 15.0 Å². The van der Waals surface area contributed by atoms with Gasteiger partial charge in [-0.1, -0.05) is 309 Å². The number of thiazole rings is 2. The number of rotatable bonds is 14. The molecule has 694 valence electrons. The van der Waals surface area contributed by atoms with Gasteiger partial charge in [-0.3, -0.25) is 0 Å². The van der Waals surface area contributed by atoms with Gasteiger partial charge in [-0.25, -0.2) is 15.0 Å². The molecule has 0 amide bonds. The lowest BCUT2D eigenvalue weighted by molar-refractivity contribution is 0.623. The van der Waals surface area contributed by atoms with Crippen LogP contribution >= 0.6 is 22.7 Å². The number of hydrogen-bond donors (Lipinski definition) is 0. The molecule has 7 heterocycles. The van der Waals surface area contributed by atoms with E-state index in [2.05, 4.69) is 421 Å². The van der Waals surface area contributed by atoms with Crippen molar-refractivity contribution in [2.75, 3.05) is 14.7 Å². The Balaban J connectivity index is 0.000000105. The molecule has 0 aliphatic heterocycles. The van der Waals surface area contributed by atoms with Crippen LogP contribution in [0.4, 0.5) is 51.2 Å². The number of fused-ring (bicyclic) bond motifs is 27. The van der Waals surface area contributed by atoms with E-state index in [1.54, 1.807) is 22.7 Å². The van der Waals surface area contributed by atoms with Crippen molar-refractivity contribution >= 4 is 258 Å². The topological polar surface area (TPSA) is 114 Å². The third-order valence-corrected chi connectivity index (χ3v) is 31.0. The molecule has 0 aliphatic carbocycles. The zero-order valence-electron chi connectivity index (χ0n) is 79.4. The van der Waals surface area contributed by atoms with Gasteiger partial charge in [-0.2, -0.15) is 0 Å². The smallest absolute Gasteiger partial charge is 0.227 e. The van der Waals surface area contributed by atoms with E-state index >= 15 is 0 Å². The van der Waals surface area contributed by atoms with Gasteiger partial charge < -0.3 is 36.8 Å². The first-order chi connectivity index (χ1) is 73.3. The van der Waals surface area contributed by atoms with Gasteiger partial charge in [0.15, 0.2) is 5.58 Å². The second-order valence-corrected chi connectivity index (χ2v) is 39.6. The Bertz CT molecular complexity index is 10600. The first-order valence-corrected chi connectivity index (χ1v) is 51.2. The number of para-hydroxylation sites is 4. The minimum atomic E-state index is 0.628. The molecule has 0 unspecified atom stereocenters. The Hall–Kier alpha value is -19.3. The zero-order chi connectivity index (χ0) is 97.4. The molecule has 0 aliphatic rings. The van der Waals surface area contributed by atoms with Crippen LogP contribution in [-0.2, 0) is 0 Å². The largest absolute Gasteiger partial charge is 0.456 e. The fourth-order valence-electron chi connectivity index (χ4n) is 21.7. The standard InChI is InChI=1S/2C45H26N2O2S.C45H30N2O/c1-2-8-28(9-3-1)45-46-38-22-16-27-14-15-29-24-30(17-20-33(29)43(27)44(38)50-45)47(31-19-23-41-37(25-31)35-11-5-7-13-40(35)48-41)32-18-21-36-34-10-4-6-12-39(34)49-42(36)26-32;1-2-8-29(9-3-1)45-46-38-22-17-28-15-14-27-16-18-30(24-36(27)43(28)44(38)50-45)47(31-20-23-41-37(25-31)34-11-5-7-13-40(34)48-41)32-19-21-35-33-10-4-6-12-39(33)49-42(35)26-32;1-4-12-31(13-5-1)36-18-10-20-38(28-36)47(39-21-11-19-37(29-39)32-14-6-2-7-15-32)40-26-24-33-22-23-34-25-27-42-44(43(34)41(33)30-40)48-45(46-42)35-16-8-3-9-17-35/h2*1-26H;1-30H. The lowest BCUT2D eigenvalue weighted by Crippen LogP contribution is -2.10. The summed E-state index contributed by atoms with van der Waals surface area (Å²) >= 11 is 3.52. The molecular formula is C135H82N6O5S2. The normalized spacial score (nSPS) is 11.8. The first kappa shape index (κ1) is 85.5. The molecule has 0 saturated heterocycles. The van der Waals surface area contributed by atoms with E-state index in [1.807, 2.05) is 91.0 Å². The summed E-state index contributed by atoms with van der Waals surface area (Å²) in [5.41, 5.74) is 28.1. The molecule has 148 heavy (non-hydrogen) atoms. The monoisotopic (exact) mass is 1930 g/mol. The highest BCUT2D eigenvalue weighted by atomic mass is 32.1. The van der Waals surface area contributed by atoms with Crippen LogP contribution in [0.5, 0.6) is 0 Å². The lowest BCUT2D eigenvalue weighted by Gasteiger charge is -2.27. The van der Waals surface area contributed by atoms with Crippen LogP contribution in [0.25, 0.3) is 239 Å². The van der Waals surface area contributed by atoms with Gasteiger partial charge in [-0.05, 0) is 247 Å². The molecule has 24 aromatic carbocycles. The number of furan rings is 4. The van der Waals surface area contributed by atoms with E-state index in [0.717, 1.165) is 209 Å². The minimum absolute atomic E-state index is 0.628. The Morgan fingerprint density at radius 1 is 0.162 bits per heavy atom. The van der Waals surface area contributed by atoms with Crippen molar-refractivity contribution < 1.29 is 22.1 Å². The van der Waals surface area contributed by atoms with Gasteiger partial charge in [0.05, 0.1) is 20.4 Å². The fourth-order valence-corrected chi connectivity index (χ4v) is 24.0. The molecule has 0 spiro atoms. The van der Waals surface area contributed by atoms with Gasteiger partial charge in [0, 0.05) is 139 Å². The Morgan fingerprint density at radius 3 is 0.919 bits per heavy atom. The molecule has 13 heteroatoms. The summed E-state index contributed by atoms with van der Waals surface area (Å²) < 4.78 is 34.2. The molecular weight excluding hydrogens is 1850 g/mol. The van der Waals surface area contributed by atoms with Gasteiger partial charge in [0.25, 0.3) is 0 Å². The number of nitrogens with zero attached hydrogens (tertiary/aromatic N) is 6. The van der Waals surface area contributed by atoms with Crippen molar-refractivity contribution in [3.8, 4) is 54.9 Å². The molecule has 31 rings (SSSR count). The SMILES string of the molecule is c1ccc(-c2cccc(N(c3cccc(-c4ccccc4)c3)c3ccc4ccc5ccc6nc(-c7ccccc7)oc6c5c4c3)c2)cc1.c1ccc(-c2nc3ccc4ccc5cc(N(c6ccc7c(c6)oc6ccccc67)c6ccc7oc8ccccc8c7c6)ccc5c4c3s2)cc1.c1ccc(-c2nc3ccc4ccc5ccc(N(c6ccc7c(c6)oc6ccccc67)c6ccc7oc8ccccc8c7c6)cc5c4c3s2)cc1. The number of anilines is 9. The predicted octanol–water partition coefficient (Wildman–Crippen LogP) is 39.7. The third kappa shape index (κ3) is 15.0. The van der Waals surface area contributed by atoms with E-state index in [4.69, 9.17) is 37.0 Å². The van der Waals surface area contributed by atoms with Crippen molar-refractivity contribution in [3.05, 3.63) is 497 Å². The third-order valence-electron chi connectivity index (χ3n) is 28.8. The fraction of sp³-hybridized carbons (Fsp3) is 0. The number of benzene rings is 24. The van der Waals surface area contributed by atoms with Gasteiger partial charge >= 0.3 is 0 Å². The zero-order valence-corrected chi connectivity index (χ0v) is 81.0. The average molecular weight is 1930 g/mol. The number of oxazole rings is 1. The van der Waals surface area contributed by atoms with Crippen LogP contribution in [0.15, 0.2) is 520 Å². The van der Waals surface area contributed by atoms with Crippen molar-refractivity contribution in [3.63, 3.8) is 0 Å². The van der Waals surface area contributed by atoms with E-state index in [9.17, 15) is 0 Å². The molecule has 0 radical (unpaired) electrons.